The van der Waals surface area contributed by atoms with E-state index >= 15 is 0 Å². The standard InChI is InChI=1S/C7H12BrN3/c1-3-4-11-5(2)6(8)7(9)10-11/h3-4H2,1-2H3,(H2,9,10). The lowest BCUT2D eigenvalue weighted by Gasteiger charge is -1.99. The van der Waals surface area contributed by atoms with Crippen LogP contribution in [0, 0.1) is 6.92 Å². The first kappa shape index (κ1) is 8.59. The van der Waals surface area contributed by atoms with Gasteiger partial charge in [-0.15, -0.1) is 0 Å². The molecule has 0 bridgehead atoms. The molecule has 0 saturated heterocycles. The van der Waals surface area contributed by atoms with E-state index < -0.39 is 0 Å². The molecule has 0 saturated carbocycles. The molecule has 0 radical (unpaired) electrons. The molecular weight excluding hydrogens is 206 g/mol. The Bertz CT molecular complexity index is 254. The van der Waals surface area contributed by atoms with Gasteiger partial charge in [0.05, 0.1) is 10.2 Å². The van der Waals surface area contributed by atoms with E-state index in [1.54, 1.807) is 0 Å². The highest BCUT2D eigenvalue weighted by atomic mass is 79.9. The minimum absolute atomic E-state index is 0.580. The number of nitrogen functional groups attached to an aromatic ring is 1. The zero-order chi connectivity index (χ0) is 8.43. The van der Waals surface area contributed by atoms with E-state index in [-0.39, 0.29) is 0 Å². The second-order valence-electron chi connectivity index (χ2n) is 2.51. The van der Waals surface area contributed by atoms with Gasteiger partial charge in [-0.2, -0.15) is 5.10 Å². The van der Waals surface area contributed by atoms with E-state index in [2.05, 4.69) is 28.0 Å². The average Bonchev–Trinajstić information content (AvgIpc) is 2.19. The molecule has 0 atom stereocenters. The molecule has 0 aliphatic carbocycles. The summed E-state index contributed by atoms with van der Waals surface area (Å²) in [4.78, 5) is 0. The number of aromatic nitrogens is 2. The summed E-state index contributed by atoms with van der Waals surface area (Å²) in [7, 11) is 0. The van der Waals surface area contributed by atoms with Crippen molar-refractivity contribution in [1.82, 2.24) is 9.78 Å². The first-order valence-corrected chi connectivity index (χ1v) is 4.44. The maximum absolute atomic E-state index is 5.59. The fraction of sp³-hybridized carbons (Fsp3) is 0.571. The molecule has 0 aliphatic heterocycles. The molecule has 0 unspecified atom stereocenters. The molecule has 1 aromatic rings. The summed E-state index contributed by atoms with van der Waals surface area (Å²) in [6.45, 7) is 5.05. The predicted molar refractivity (Wildman–Crippen MR) is 49.4 cm³/mol. The van der Waals surface area contributed by atoms with Crippen molar-refractivity contribution in [3.05, 3.63) is 10.2 Å². The van der Waals surface area contributed by atoms with Crippen LogP contribution in [0.1, 0.15) is 19.0 Å². The Morgan fingerprint density at radius 1 is 1.64 bits per heavy atom. The number of aryl methyl sites for hydroxylation is 1. The zero-order valence-electron chi connectivity index (χ0n) is 6.76. The summed E-state index contributed by atoms with van der Waals surface area (Å²) < 4.78 is 2.84. The Morgan fingerprint density at radius 2 is 2.27 bits per heavy atom. The van der Waals surface area contributed by atoms with Crippen molar-refractivity contribution < 1.29 is 0 Å². The van der Waals surface area contributed by atoms with Crippen molar-refractivity contribution in [2.45, 2.75) is 26.8 Å². The number of nitrogens with two attached hydrogens (primary N) is 1. The van der Waals surface area contributed by atoms with Crippen LogP contribution in [0.2, 0.25) is 0 Å². The maximum atomic E-state index is 5.59. The summed E-state index contributed by atoms with van der Waals surface area (Å²) in [6.07, 6.45) is 1.08. The molecule has 1 rings (SSSR count). The molecule has 62 valence electrons. The van der Waals surface area contributed by atoms with E-state index in [1.807, 2.05) is 11.6 Å². The fourth-order valence-corrected chi connectivity index (χ4v) is 1.26. The summed E-state index contributed by atoms with van der Waals surface area (Å²) in [6, 6.07) is 0. The van der Waals surface area contributed by atoms with Gasteiger partial charge in [0.25, 0.3) is 0 Å². The molecule has 4 heteroatoms. The zero-order valence-corrected chi connectivity index (χ0v) is 8.35. The van der Waals surface area contributed by atoms with Crippen molar-refractivity contribution >= 4 is 21.7 Å². The van der Waals surface area contributed by atoms with Crippen LogP contribution in [-0.4, -0.2) is 9.78 Å². The van der Waals surface area contributed by atoms with Crippen molar-refractivity contribution in [1.29, 1.82) is 0 Å². The van der Waals surface area contributed by atoms with Crippen LogP contribution in [0.3, 0.4) is 0 Å². The van der Waals surface area contributed by atoms with E-state index in [4.69, 9.17) is 5.73 Å². The van der Waals surface area contributed by atoms with E-state index in [9.17, 15) is 0 Å². The first-order chi connectivity index (χ1) is 5.16. The second kappa shape index (κ2) is 3.26. The molecule has 3 nitrogen and oxygen atoms in total. The van der Waals surface area contributed by atoms with Crippen LogP contribution in [0.15, 0.2) is 4.47 Å². The van der Waals surface area contributed by atoms with Crippen LogP contribution < -0.4 is 5.73 Å². The maximum Gasteiger partial charge on any atom is 0.160 e. The lowest BCUT2D eigenvalue weighted by atomic mass is 10.4. The second-order valence-corrected chi connectivity index (χ2v) is 3.30. The number of anilines is 1. The third-order valence-electron chi connectivity index (χ3n) is 1.59. The van der Waals surface area contributed by atoms with Gasteiger partial charge in [0, 0.05) is 6.54 Å². The van der Waals surface area contributed by atoms with Crippen molar-refractivity contribution in [2.24, 2.45) is 0 Å². The van der Waals surface area contributed by atoms with Gasteiger partial charge in [-0.1, -0.05) is 6.92 Å². The Kier molecular flexibility index (Phi) is 2.54. The van der Waals surface area contributed by atoms with Crippen LogP contribution in [0.25, 0.3) is 0 Å². The van der Waals surface area contributed by atoms with Gasteiger partial charge in [0.1, 0.15) is 0 Å². The van der Waals surface area contributed by atoms with Crippen LogP contribution in [0.5, 0.6) is 0 Å². The Balaban J connectivity index is 2.98. The molecule has 1 aromatic heterocycles. The molecule has 2 N–H and O–H groups in total. The largest absolute Gasteiger partial charge is 0.381 e. The Labute approximate surface area is 74.7 Å². The quantitative estimate of drug-likeness (QED) is 0.824. The molecule has 0 amide bonds. The first-order valence-electron chi connectivity index (χ1n) is 3.65. The van der Waals surface area contributed by atoms with Gasteiger partial charge >= 0.3 is 0 Å². The smallest absolute Gasteiger partial charge is 0.160 e. The molecule has 0 aliphatic rings. The van der Waals surface area contributed by atoms with Crippen molar-refractivity contribution in [3.63, 3.8) is 0 Å². The van der Waals surface area contributed by atoms with Gasteiger partial charge in [-0.05, 0) is 29.3 Å². The van der Waals surface area contributed by atoms with Gasteiger partial charge < -0.3 is 5.73 Å². The summed E-state index contributed by atoms with van der Waals surface area (Å²) in [5, 5.41) is 4.15. The van der Waals surface area contributed by atoms with Crippen molar-refractivity contribution in [3.8, 4) is 0 Å². The lowest BCUT2D eigenvalue weighted by molar-refractivity contribution is 0.589. The number of halogens is 1. The highest BCUT2D eigenvalue weighted by Gasteiger charge is 2.07. The molecule has 0 fully saturated rings. The molecule has 1 heterocycles. The monoisotopic (exact) mass is 217 g/mol. The van der Waals surface area contributed by atoms with Crippen molar-refractivity contribution in [2.75, 3.05) is 5.73 Å². The van der Waals surface area contributed by atoms with Crippen LogP contribution in [-0.2, 0) is 6.54 Å². The lowest BCUT2D eigenvalue weighted by Crippen LogP contribution is -2.01. The van der Waals surface area contributed by atoms with Gasteiger partial charge in [-0.25, -0.2) is 0 Å². The van der Waals surface area contributed by atoms with Gasteiger partial charge in [-0.3, -0.25) is 4.68 Å². The number of hydrogen-bond acceptors (Lipinski definition) is 2. The van der Waals surface area contributed by atoms with E-state index in [1.165, 1.54) is 0 Å². The average molecular weight is 218 g/mol. The number of rotatable bonds is 2. The summed E-state index contributed by atoms with van der Waals surface area (Å²) >= 11 is 3.36. The minimum Gasteiger partial charge on any atom is -0.381 e. The highest BCUT2D eigenvalue weighted by Crippen LogP contribution is 2.22. The van der Waals surface area contributed by atoms with Crippen LogP contribution in [0.4, 0.5) is 5.82 Å². The Morgan fingerprint density at radius 3 is 2.64 bits per heavy atom. The summed E-state index contributed by atoms with van der Waals surface area (Å²) in [5.74, 6) is 0.580. The number of hydrogen-bond donors (Lipinski definition) is 1. The SMILES string of the molecule is CCCn1nc(N)c(Br)c1C. The van der Waals surface area contributed by atoms with E-state index in [0.717, 1.165) is 23.1 Å². The topological polar surface area (TPSA) is 43.8 Å². The highest BCUT2D eigenvalue weighted by molar-refractivity contribution is 9.10. The molecule has 0 spiro atoms. The molecular formula is C7H12BrN3. The van der Waals surface area contributed by atoms with Gasteiger partial charge in [0.2, 0.25) is 0 Å². The fourth-order valence-electron chi connectivity index (χ4n) is 0.977. The third-order valence-corrected chi connectivity index (χ3v) is 2.57. The van der Waals surface area contributed by atoms with Gasteiger partial charge in [0.15, 0.2) is 5.82 Å². The van der Waals surface area contributed by atoms with E-state index in [0.29, 0.717) is 5.82 Å². The molecule has 0 aromatic carbocycles. The minimum atomic E-state index is 0.580. The molecule has 11 heavy (non-hydrogen) atoms. The normalized spacial score (nSPS) is 10.5. The predicted octanol–water partition coefficient (Wildman–Crippen LogP) is 1.95. The summed E-state index contributed by atoms with van der Waals surface area (Å²) in [5.41, 5.74) is 6.69. The Hall–Kier alpha value is -0.510. The number of nitrogens with zero attached hydrogens (tertiary/aromatic N) is 2. The third kappa shape index (κ3) is 1.56. The van der Waals surface area contributed by atoms with Crippen LogP contribution >= 0.6 is 15.9 Å².